The quantitative estimate of drug-likeness (QED) is 0.382. The molecule has 15 heteroatoms. The second kappa shape index (κ2) is 8.84. The number of ether oxygens (including phenoxy) is 1. The number of carbonyl (C=O) groups is 1. The molecule has 0 atom stereocenters. The van der Waals surface area contributed by atoms with Crippen molar-refractivity contribution in [3.8, 4) is 5.75 Å². The first-order valence-corrected chi connectivity index (χ1v) is 13.4. The third kappa shape index (κ3) is 4.91. The lowest BCUT2D eigenvalue weighted by molar-refractivity contribution is 0.0693. The van der Waals surface area contributed by atoms with E-state index >= 15 is 0 Å². The number of aromatic carboxylic acids is 1. The molecule has 2 heterocycles. The third-order valence-electron chi connectivity index (χ3n) is 3.70. The fourth-order valence-corrected chi connectivity index (χ4v) is 7.26. The monoisotopic (exact) mass is 542 g/mol. The van der Waals surface area contributed by atoms with Crippen molar-refractivity contribution < 1.29 is 31.5 Å². The van der Waals surface area contributed by atoms with Crippen LogP contribution < -0.4 is 14.2 Å². The van der Waals surface area contributed by atoms with Gasteiger partial charge in [-0.05, 0) is 23.6 Å². The van der Waals surface area contributed by atoms with Crippen LogP contribution in [0.4, 0.5) is 11.4 Å². The van der Waals surface area contributed by atoms with Crippen molar-refractivity contribution in [3.05, 3.63) is 50.6 Å². The number of carboxylic acids is 1. The Labute approximate surface area is 195 Å². The molecule has 3 rings (SSSR count). The molecular formula is C16H12Cl2N2O7S4. The Balaban J connectivity index is 2.05. The number of benzene rings is 1. The van der Waals surface area contributed by atoms with E-state index in [9.17, 15) is 26.7 Å². The van der Waals surface area contributed by atoms with Crippen LogP contribution in [-0.4, -0.2) is 35.0 Å². The minimum Gasteiger partial charge on any atom is -0.493 e. The minimum absolute atomic E-state index is 0.00148. The molecule has 0 spiro atoms. The van der Waals surface area contributed by atoms with Crippen molar-refractivity contribution in [1.29, 1.82) is 0 Å². The number of methoxy groups -OCH3 is 1. The van der Waals surface area contributed by atoms with Crippen LogP contribution >= 0.6 is 45.9 Å². The zero-order valence-electron chi connectivity index (χ0n) is 15.2. The van der Waals surface area contributed by atoms with Gasteiger partial charge in [0.15, 0.2) is 9.96 Å². The van der Waals surface area contributed by atoms with Crippen molar-refractivity contribution in [3.63, 3.8) is 0 Å². The number of rotatable bonds is 8. The lowest BCUT2D eigenvalue weighted by Gasteiger charge is -2.15. The van der Waals surface area contributed by atoms with Crippen LogP contribution in [0.2, 0.25) is 10.0 Å². The number of carboxylic acid groups (broad SMARTS) is 1. The summed E-state index contributed by atoms with van der Waals surface area (Å²) in [5.41, 5.74) is -0.733. The van der Waals surface area contributed by atoms with E-state index in [-0.39, 0.29) is 36.9 Å². The van der Waals surface area contributed by atoms with Gasteiger partial charge in [0, 0.05) is 5.38 Å². The first kappa shape index (κ1) is 23.6. The van der Waals surface area contributed by atoms with Crippen molar-refractivity contribution in [2.45, 2.75) is 8.42 Å². The first-order chi connectivity index (χ1) is 14.5. The number of nitrogens with one attached hydrogen (secondary N) is 2. The summed E-state index contributed by atoms with van der Waals surface area (Å²) in [6.07, 6.45) is 0. The maximum atomic E-state index is 12.9. The number of hydrogen-bond acceptors (Lipinski definition) is 8. The van der Waals surface area contributed by atoms with Crippen LogP contribution in [0, 0.1) is 0 Å². The van der Waals surface area contributed by atoms with Gasteiger partial charge in [-0.1, -0.05) is 29.3 Å². The molecule has 0 aliphatic rings. The summed E-state index contributed by atoms with van der Waals surface area (Å²) in [4.78, 5) is 11.3. The van der Waals surface area contributed by atoms with Gasteiger partial charge in [0.1, 0.15) is 9.77 Å². The van der Waals surface area contributed by atoms with Gasteiger partial charge in [-0.25, -0.2) is 21.6 Å². The number of sulfonamides is 2. The summed E-state index contributed by atoms with van der Waals surface area (Å²) >= 11 is 13.6. The zero-order valence-corrected chi connectivity index (χ0v) is 20.0. The second-order valence-electron chi connectivity index (χ2n) is 5.73. The molecule has 0 amide bonds. The van der Waals surface area contributed by atoms with E-state index in [1.807, 2.05) is 0 Å². The average Bonchev–Trinajstić information content (AvgIpc) is 3.35. The molecule has 0 unspecified atom stereocenters. The molecule has 0 aliphatic heterocycles. The Morgan fingerprint density at radius 1 is 1.03 bits per heavy atom. The van der Waals surface area contributed by atoms with E-state index < -0.39 is 30.2 Å². The molecule has 0 aliphatic carbocycles. The number of halogens is 2. The molecule has 3 N–H and O–H groups in total. The molecule has 0 bridgehead atoms. The predicted octanol–water partition coefficient (Wildman–Crippen LogP) is 4.42. The van der Waals surface area contributed by atoms with E-state index in [2.05, 4.69) is 9.44 Å². The minimum atomic E-state index is -4.38. The molecule has 166 valence electrons. The molecule has 0 fully saturated rings. The molecule has 1 aromatic carbocycles. The summed E-state index contributed by atoms with van der Waals surface area (Å²) in [5.74, 6) is -1.72. The van der Waals surface area contributed by atoms with Gasteiger partial charge >= 0.3 is 5.97 Å². The maximum Gasteiger partial charge on any atom is 0.340 e. The number of hydrogen-bond donors (Lipinski definition) is 3. The SMILES string of the molecule is COc1c(C(=O)O)csc1S(=O)(=O)Nc1cc(Cl)c(Cl)cc1NS(=O)(=O)c1cccs1. The summed E-state index contributed by atoms with van der Waals surface area (Å²) in [7, 11) is -7.28. The van der Waals surface area contributed by atoms with Gasteiger partial charge in [-0.15, -0.1) is 22.7 Å². The van der Waals surface area contributed by atoms with E-state index in [0.717, 1.165) is 36.0 Å². The van der Waals surface area contributed by atoms with Gasteiger partial charge in [0.25, 0.3) is 20.0 Å². The van der Waals surface area contributed by atoms with Crippen molar-refractivity contribution in [2.75, 3.05) is 16.6 Å². The van der Waals surface area contributed by atoms with Gasteiger partial charge in [-0.2, -0.15) is 0 Å². The molecule has 2 aromatic heterocycles. The normalized spacial score (nSPS) is 11.8. The van der Waals surface area contributed by atoms with E-state index in [0.29, 0.717) is 11.3 Å². The Morgan fingerprint density at radius 2 is 1.61 bits per heavy atom. The largest absolute Gasteiger partial charge is 0.493 e. The van der Waals surface area contributed by atoms with Crippen LogP contribution in [0.25, 0.3) is 0 Å². The Bertz CT molecular complexity index is 1350. The molecular weight excluding hydrogens is 531 g/mol. The van der Waals surface area contributed by atoms with Crippen LogP contribution in [-0.2, 0) is 20.0 Å². The summed E-state index contributed by atoms with van der Waals surface area (Å²) in [6.45, 7) is 0. The fraction of sp³-hybridized carbons (Fsp3) is 0.0625. The lowest BCUT2D eigenvalue weighted by Crippen LogP contribution is -2.17. The summed E-state index contributed by atoms with van der Waals surface area (Å²) in [6, 6.07) is 5.20. The van der Waals surface area contributed by atoms with Gasteiger partial charge in [-0.3, -0.25) is 9.44 Å². The van der Waals surface area contributed by atoms with Gasteiger partial charge in [0.05, 0.1) is 28.5 Å². The fourth-order valence-electron chi connectivity index (χ4n) is 2.37. The Hall–Kier alpha value is -2.03. The predicted molar refractivity (Wildman–Crippen MR) is 120 cm³/mol. The van der Waals surface area contributed by atoms with Gasteiger partial charge < -0.3 is 9.84 Å². The van der Waals surface area contributed by atoms with Gasteiger partial charge in [0.2, 0.25) is 0 Å². The lowest BCUT2D eigenvalue weighted by atomic mass is 10.3. The first-order valence-electron chi connectivity index (χ1n) is 7.93. The second-order valence-corrected chi connectivity index (χ2v) is 12.2. The molecule has 0 saturated heterocycles. The highest BCUT2D eigenvalue weighted by atomic mass is 35.5. The zero-order chi connectivity index (χ0) is 23.0. The van der Waals surface area contributed by atoms with Crippen molar-refractivity contribution >= 4 is 83.3 Å². The highest BCUT2D eigenvalue weighted by Gasteiger charge is 2.29. The summed E-state index contributed by atoms with van der Waals surface area (Å²) < 4.78 is 60.1. The molecule has 0 saturated carbocycles. The molecule has 0 radical (unpaired) electrons. The van der Waals surface area contributed by atoms with Crippen LogP contribution in [0.5, 0.6) is 5.75 Å². The third-order valence-corrected chi connectivity index (χ3v) is 10.0. The average molecular weight is 543 g/mol. The number of anilines is 2. The topological polar surface area (TPSA) is 139 Å². The summed E-state index contributed by atoms with van der Waals surface area (Å²) in [5, 5.41) is 11.8. The van der Waals surface area contributed by atoms with Crippen LogP contribution in [0.1, 0.15) is 10.4 Å². The number of thiophene rings is 2. The molecule has 9 nitrogen and oxygen atoms in total. The smallest absolute Gasteiger partial charge is 0.340 e. The van der Waals surface area contributed by atoms with Crippen molar-refractivity contribution in [1.82, 2.24) is 0 Å². The molecule has 3 aromatic rings. The molecule has 31 heavy (non-hydrogen) atoms. The van der Waals surface area contributed by atoms with E-state index in [1.54, 1.807) is 11.4 Å². The van der Waals surface area contributed by atoms with Crippen molar-refractivity contribution in [2.24, 2.45) is 0 Å². The standard InChI is InChI=1S/C16H12Cl2N2O7S4/c1-27-14-8(15(21)22)7-29-16(14)31(25,26)20-12-6-10(18)9(17)5-11(12)19-30(23,24)13-3-2-4-28-13/h2-7,19-20H,1H3,(H,21,22). The van der Waals surface area contributed by atoms with Crippen LogP contribution in [0.15, 0.2) is 43.4 Å². The van der Waals surface area contributed by atoms with E-state index in [1.165, 1.54) is 6.07 Å². The maximum absolute atomic E-state index is 12.9. The Kier molecular flexibility index (Phi) is 6.74. The van der Waals surface area contributed by atoms with E-state index in [4.69, 9.17) is 27.9 Å². The highest BCUT2D eigenvalue weighted by Crippen LogP contribution is 2.39. The Morgan fingerprint density at radius 3 is 2.10 bits per heavy atom. The van der Waals surface area contributed by atoms with Crippen LogP contribution in [0.3, 0.4) is 0 Å². The highest BCUT2D eigenvalue weighted by molar-refractivity contribution is 7.95.